The first-order valence-corrected chi connectivity index (χ1v) is 6.79. The van der Waals surface area contributed by atoms with Gasteiger partial charge in [-0.05, 0) is 30.2 Å². The Morgan fingerprint density at radius 1 is 1.47 bits per heavy atom. The Kier molecular flexibility index (Phi) is 2.43. The van der Waals surface area contributed by atoms with Gasteiger partial charge >= 0.3 is 0 Å². The van der Waals surface area contributed by atoms with Crippen molar-refractivity contribution in [1.82, 2.24) is 9.97 Å². The number of aromatic nitrogens is 2. The van der Waals surface area contributed by atoms with Crippen molar-refractivity contribution >= 4 is 33.3 Å². The van der Waals surface area contributed by atoms with Crippen molar-refractivity contribution in [3.05, 3.63) is 10.9 Å². The molecule has 0 aromatic carbocycles. The molecule has 1 fully saturated rings. The van der Waals surface area contributed by atoms with Gasteiger partial charge in [0.15, 0.2) is 5.82 Å². The first-order chi connectivity index (χ1) is 8.15. The van der Waals surface area contributed by atoms with Crippen LogP contribution < -0.4 is 10.6 Å². The molecule has 0 unspecified atom stereocenters. The van der Waals surface area contributed by atoms with Crippen LogP contribution >= 0.6 is 11.3 Å². The molecular formula is C12H16N4S. The molecule has 3 rings (SSSR count). The molecule has 0 amide bonds. The minimum Gasteiger partial charge on any atom is -0.368 e. The third-order valence-corrected chi connectivity index (χ3v) is 4.40. The van der Waals surface area contributed by atoms with Crippen molar-refractivity contribution in [1.29, 1.82) is 0 Å². The van der Waals surface area contributed by atoms with Crippen LogP contribution in [-0.2, 0) is 0 Å². The number of anilines is 2. The lowest BCUT2D eigenvalue weighted by molar-refractivity contribution is 0.659. The zero-order valence-electron chi connectivity index (χ0n) is 10.1. The third kappa shape index (κ3) is 1.74. The van der Waals surface area contributed by atoms with Crippen molar-refractivity contribution in [2.45, 2.75) is 20.3 Å². The molecule has 0 bridgehead atoms. The monoisotopic (exact) mass is 248 g/mol. The molecule has 90 valence electrons. The number of nitrogen functional groups attached to an aromatic ring is 1. The van der Waals surface area contributed by atoms with E-state index in [0.29, 0.717) is 5.95 Å². The van der Waals surface area contributed by atoms with Gasteiger partial charge in [-0.2, -0.15) is 4.98 Å². The van der Waals surface area contributed by atoms with E-state index in [1.807, 2.05) is 0 Å². The van der Waals surface area contributed by atoms with E-state index >= 15 is 0 Å². The minimum atomic E-state index is 0.383. The third-order valence-electron chi connectivity index (χ3n) is 3.32. The van der Waals surface area contributed by atoms with Gasteiger partial charge in [-0.25, -0.2) is 4.98 Å². The predicted molar refractivity (Wildman–Crippen MR) is 72.6 cm³/mol. The normalized spacial score (nSPS) is 20.4. The van der Waals surface area contributed by atoms with Crippen molar-refractivity contribution in [3.8, 4) is 0 Å². The molecule has 17 heavy (non-hydrogen) atoms. The van der Waals surface area contributed by atoms with E-state index in [0.717, 1.165) is 30.3 Å². The molecule has 3 heterocycles. The summed E-state index contributed by atoms with van der Waals surface area (Å²) < 4.78 is 1.17. The molecule has 0 aliphatic carbocycles. The molecule has 0 spiro atoms. The molecule has 4 nitrogen and oxygen atoms in total. The van der Waals surface area contributed by atoms with Gasteiger partial charge in [0.25, 0.3) is 0 Å². The number of thiophene rings is 1. The summed E-state index contributed by atoms with van der Waals surface area (Å²) >= 11 is 1.72. The Balaban J connectivity index is 2.15. The largest absolute Gasteiger partial charge is 0.368 e. The van der Waals surface area contributed by atoms with Crippen LogP contribution in [0.25, 0.3) is 10.2 Å². The highest BCUT2D eigenvalue weighted by molar-refractivity contribution is 7.18. The summed E-state index contributed by atoms with van der Waals surface area (Å²) in [6.07, 6.45) is 1.23. The lowest BCUT2D eigenvalue weighted by Crippen LogP contribution is -2.21. The average Bonchev–Trinajstić information content (AvgIpc) is 2.86. The lowest BCUT2D eigenvalue weighted by Gasteiger charge is -2.17. The second-order valence-electron chi connectivity index (χ2n) is 4.84. The quantitative estimate of drug-likeness (QED) is 0.842. The fraction of sp³-hybridized carbons (Fsp3) is 0.500. The van der Waals surface area contributed by atoms with E-state index in [1.54, 1.807) is 11.3 Å². The summed E-state index contributed by atoms with van der Waals surface area (Å²) in [5.74, 6) is 2.14. The molecule has 0 saturated carbocycles. The average molecular weight is 248 g/mol. The van der Waals surface area contributed by atoms with Crippen molar-refractivity contribution in [2.75, 3.05) is 23.7 Å². The van der Waals surface area contributed by atoms with E-state index in [-0.39, 0.29) is 0 Å². The van der Waals surface area contributed by atoms with E-state index in [1.165, 1.54) is 16.7 Å². The van der Waals surface area contributed by atoms with Crippen molar-refractivity contribution in [2.24, 2.45) is 5.92 Å². The number of fused-ring (bicyclic) bond motifs is 1. The highest BCUT2D eigenvalue weighted by Gasteiger charge is 2.23. The molecule has 1 aliphatic heterocycles. The van der Waals surface area contributed by atoms with Crippen LogP contribution in [0.2, 0.25) is 0 Å². The van der Waals surface area contributed by atoms with Gasteiger partial charge in [-0.3, -0.25) is 0 Å². The van der Waals surface area contributed by atoms with Crippen molar-refractivity contribution < 1.29 is 0 Å². The molecule has 0 radical (unpaired) electrons. The highest BCUT2D eigenvalue weighted by atomic mass is 32.1. The maximum Gasteiger partial charge on any atom is 0.222 e. The maximum atomic E-state index is 5.81. The van der Waals surface area contributed by atoms with Crippen molar-refractivity contribution in [3.63, 3.8) is 0 Å². The number of hydrogen-bond acceptors (Lipinski definition) is 5. The van der Waals surface area contributed by atoms with Crippen LogP contribution in [0, 0.1) is 12.8 Å². The van der Waals surface area contributed by atoms with E-state index < -0.39 is 0 Å². The first-order valence-electron chi connectivity index (χ1n) is 5.91. The van der Waals surface area contributed by atoms with Crippen LogP contribution in [0.1, 0.15) is 18.9 Å². The standard InChI is InChI=1S/C12H16N4S/c1-7-3-4-16(5-7)11-10-9(8(2)6-17-10)14-12(13)15-11/h6-7H,3-5H2,1-2H3,(H2,13,14,15)/t7-/m0/s1. The molecular weight excluding hydrogens is 232 g/mol. The van der Waals surface area contributed by atoms with Gasteiger partial charge in [-0.1, -0.05) is 6.92 Å². The lowest BCUT2D eigenvalue weighted by atomic mass is 10.2. The van der Waals surface area contributed by atoms with Gasteiger partial charge in [0.1, 0.15) is 0 Å². The van der Waals surface area contributed by atoms with E-state index in [4.69, 9.17) is 5.73 Å². The van der Waals surface area contributed by atoms with Crippen LogP contribution in [0.5, 0.6) is 0 Å². The second kappa shape index (κ2) is 3.84. The maximum absolute atomic E-state index is 5.81. The van der Waals surface area contributed by atoms with Crippen LogP contribution in [0.15, 0.2) is 5.38 Å². The number of rotatable bonds is 1. The Hall–Kier alpha value is -1.36. The molecule has 2 aromatic rings. The van der Waals surface area contributed by atoms with Gasteiger partial charge < -0.3 is 10.6 Å². The van der Waals surface area contributed by atoms with Gasteiger partial charge in [-0.15, -0.1) is 11.3 Å². The second-order valence-corrected chi connectivity index (χ2v) is 5.72. The highest BCUT2D eigenvalue weighted by Crippen LogP contribution is 2.34. The Bertz CT molecular complexity index is 563. The number of nitrogens with two attached hydrogens (primary N) is 1. The van der Waals surface area contributed by atoms with E-state index in [9.17, 15) is 0 Å². The fourth-order valence-corrected chi connectivity index (χ4v) is 3.38. The SMILES string of the molecule is Cc1csc2c(N3CC[C@H](C)C3)nc(N)nc12. The number of nitrogens with zero attached hydrogens (tertiary/aromatic N) is 3. The summed E-state index contributed by atoms with van der Waals surface area (Å²) in [5.41, 5.74) is 8.01. The zero-order valence-corrected chi connectivity index (χ0v) is 10.9. The topological polar surface area (TPSA) is 55.0 Å². The Morgan fingerprint density at radius 3 is 3.00 bits per heavy atom. The van der Waals surface area contributed by atoms with Crippen LogP contribution in [0.4, 0.5) is 11.8 Å². The minimum absolute atomic E-state index is 0.383. The smallest absolute Gasteiger partial charge is 0.222 e. The summed E-state index contributed by atoms with van der Waals surface area (Å²) in [4.78, 5) is 11.1. The van der Waals surface area contributed by atoms with E-state index in [2.05, 4.69) is 34.1 Å². The zero-order chi connectivity index (χ0) is 12.0. The van der Waals surface area contributed by atoms with Gasteiger partial charge in [0.2, 0.25) is 5.95 Å². The molecule has 1 atom stereocenters. The summed E-state index contributed by atoms with van der Waals surface area (Å²) in [5, 5.41) is 2.13. The summed E-state index contributed by atoms with van der Waals surface area (Å²) in [6, 6.07) is 0. The molecule has 2 N–H and O–H groups in total. The van der Waals surface area contributed by atoms with Gasteiger partial charge in [0.05, 0.1) is 10.2 Å². The summed E-state index contributed by atoms with van der Waals surface area (Å²) in [6.45, 7) is 6.50. The molecule has 1 aliphatic rings. The first kappa shape index (κ1) is 10.8. The van der Waals surface area contributed by atoms with Gasteiger partial charge in [0, 0.05) is 13.1 Å². The molecule has 2 aromatic heterocycles. The molecule has 5 heteroatoms. The van der Waals surface area contributed by atoms with Crippen LogP contribution in [-0.4, -0.2) is 23.1 Å². The molecule has 1 saturated heterocycles. The fourth-order valence-electron chi connectivity index (χ4n) is 2.38. The van der Waals surface area contributed by atoms with Crippen LogP contribution in [0.3, 0.4) is 0 Å². The number of aryl methyl sites for hydroxylation is 1. The predicted octanol–water partition coefficient (Wildman–Crippen LogP) is 2.43. The summed E-state index contributed by atoms with van der Waals surface area (Å²) in [7, 11) is 0. The Morgan fingerprint density at radius 2 is 2.29 bits per heavy atom. The Labute approximate surface area is 104 Å². The number of hydrogen-bond donors (Lipinski definition) is 1.